The van der Waals surface area contributed by atoms with Crippen molar-refractivity contribution < 1.29 is 70.9 Å². The average Bonchev–Trinajstić information content (AvgIpc) is 1.53. The number of aliphatic hydroxyl groups is 3. The lowest BCUT2D eigenvalue weighted by Crippen LogP contribution is -2.68. The third-order valence-corrected chi connectivity index (χ3v) is 23.7. The van der Waals surface area contributed by atoms with Crippen LogP contribution in [0.4, 0.5) is 17.6 Å². The summed E-state index contributed by atoms with van der Waals surface area (Å²) in [6.07, 6.45) is 6.83. The van der Waals surface area contributed by atoms with Gasteiger partial charge in [-0.25, -0.2) is 17.6 Å². The maximum Gasteiger partial charge on any atom is 0.312 e. The van der Waals surface area contributed by atoms with Gasteiger partial charge in [-0.1, -0.05) is 109 Å². The lowest BCUT2D eigenvalue weighted by atomic mass is 9.47. The van der Waals surface area contributed by atoms with Crippen LogP contribution in [-0.2, 0) is 59.8 Å². The van der Waals surface area contributed by atoms with Crippen molar-refractivity contribution in [3.05, 3.63) is 182 Å². The molecule has 10 fully saturated rings. The Hall–Kier alpha value is -5.60. The predicted octanol–water partition coefficient (Wildman–Crippen LogP) is 13.4. The van der Waals surface area contributed by atoms with Gasteiger partial charge in [0.05, 0.1) is 77.7 Å². The fraction of sp³-hybridized carbons (Fsp3) is 0.472. The van der Waals surface area contributed by atoms with Gasteiger partial charge in [-0.3, -0.25) is 9.59 Å². The molecule has 8 bridgehead atoms. The summed E-state index contributed by atoms with van der Waals surface area (Å²) in [6, 6.07) is 64.3. The number of carbonyl (C=O) groups excluding carboxylic acids is 2. The molecular formula is C72H82F4O11S2+2. The summed E-state index contributed by atoms with van der Waals surface area (Å²) in [5, 5.41) is 28.5. The second kappa shape index (κ2) is 27.3. The highest BCUT2D eigenvalue weighted by Crippen LogP contribution is 2.68. The Bertz CT molecular complexity index is 2900. The summed E-state index contributed by atoms with van der Waals surface area (Å²) in [6.45, 7) is 0.000447. The molecule has 2 heterocycles. The van der Waals surface area contributed by atoms with Crippen LogP contribution in [0.1, 0.15) is 78.1 Å². The Balaban J connectivity index is 0.000000124. The molecule has 17 heteroatoms. The number of ether oxygens (including phenoxy) is 6. The van der Waals surface area contributed by atoms with Crippen LogP contribution >= 0.6 is 0 Å². The number of hydrogen-bond acceptors (Lipinski definition) is 11. The molecule has 3 N–H and O–H groups in total. The number of hydrogen-bond donors (Lipinski definition) is 3. The molecule has 11 nitrogen and oxygen atoms in total. The largest absolute Gasteiger partial charge is 0.459 e. The van der Waals surface area contributed by atoms with Gasteiger partial charge in [-0.2, -0.15) is 0 Å². The first-order chi connectivity index (χ1) is 42.8. The Kier molecular flexibility index (Phi) is 19.9. The standard InChI is InChI=1S/C19H28F2O6.2C18H15S.C17H24F2O5/c1-16(20,21)9-25-15(24)18-4-12-2-13(5-18)19(14(3-12)6-18)26-10-17(7-22,8-23)11-27-19;2*1-4-10-16(11-5-1)19(17-12-6-2-7-13-17)18-14-8-3-9-15-18;1-15(18,19)9-22-14(21)16-4-10-2-11(5-16)17(12(3-10)6-16)23-8-13(7-20)24-17/h12-14,22-23H,2-11H2,1H3;2*1-15H;10-13,20H,2-9H2,1H3/q;2*+1;. The smallest absolute Gasteiger partial charge is 0.312 e. The highest BCUT2D eigenvalue weighted by atomic mass is 32.2. The zero-order valence-electron chi connectivity index (χ0n) is 50.5. The summed E-state index contributed by atoms with van der Waals surface area (Å²) in [4.78, 5) is 33.5. The van der Waals surface area contributed by atoms with E-state index < -0.39 is 64.8 Å². The van der Waals surface area contributed by atoms with E-state index in [4.69, 9.17) is 28.4 Å². The van der Waals surface area contributed by atoms with Crippen LogP contribution in [-0.4, -0.2) is 110 Å². The van der Waals surface area contributed by atoms with Gasteiger partial charge < -0.3 is 43.7 Å². The van der Waals surface area contributed by atoms with E-state index >= 15 is 0 Å². The molecule has 474 valence electrons. The molecule has 2 saturated heterocycles. The number of halogens is 4. The van der Waals surface area contributed by atoms with E-state index in [0.29, 0.717) is 57.0 Å². The van der Waals surface area contributed by atoms with Crippen molar-refractivity contribution in [3.63, 3.8) is 0 Å². The number of esters is 2. The van der Waals surface area contributed by atoms with Crippen molar-refractivity contribution in [3.8, 4) is 0 Å². The van der Waals surface area contributed by atoms with Gasteiger partial charge in [0.2, 0.25) is 0 Å². The topological polar surface area (TPSA) is 150 Å². The fourth-order valence-corrected chi connectivity index (χ4v) is 19.8. The van der Waals surface area contributed by atoms with Crippen molar-refractivity contribution in [1.29, 1.82) is 0 Å². The van der Waals surface area contributed by atoms with Crippen LogP contribution in [0.3, 0.4) is 0 Å². The number of benzene rings is 6. The van der Waals surface area contributed by atoms with Gasteiger partial charge in [0.25, 0.3) is 11.8 Å². The number of rotatable bonds is 15. The molecule has 16 rings (SSSR count). The molecule has 8 saturated carbocycles. The minimum Gasteiger partial charge on any atom is -0.459 e. The van der Waals surface area contributed by atoms with E-state index in [0.717, 1.165) is 39.5 Å². The van der Waals surface area contributed by atoms with Crippen molar-refractivity contribution in [2.45, 2.75) is 137 Å². The molecule has 2 aliphatic heterocycles. The molecule has 8 aliphatic carbocycles. The highest BCUT2D eigenvalue weighted by Gasteiger charge is 2.70. The molecule has 2 spiro atoms. The van der Waals surface area contributed by atoms with Crippen LogP contribution in [0, 0.1) is 51.8 Å². The zero-order valence-corrected chi connectivity index (χ0v) is 52.2. The number of carbonyl (C=O) groups is 2. The first-order valence-corrected chi connectivity index (χ1v) is 33.6. The molecule has 6 aromatic rings. The van der Waals surface area contributed by atoms with E-state index in [2.05, 4.69) is 182 Å². The van der Waals surface area contributed by atoms with Gasteiger partial charge in [-0.15, -0.1) is 0 Å². The van der Waals surface area contributed by atoms with Gasteiger partial charge in [0, 0.05) is 37.5 Å². The molecule has 89 heavy (non-hydrogen) atoms. The quantitative estimate of drug-likeness (QED) is 0.0512. The first-order valence-electron chi connectivity index (χ1n) is 31.1. The summed E-state index contributed by atoms with van der Waals surface area (Å²) < 4.78 is 86.7. The summed E-state index contributed by atoms with van der Waals surface area (Å²) in [5.74, 6) is -7.71. The number of alkyl halides is 4. The summed E-state index contributed by atoms with van der Waals surface area (Å²) >= 11 is 0. The third kappa shape index (κ3) is 14.2. The Morgan fingerprint density at radius 1 is 0.461 bits per heavy atom. The highest BCUT2D eigenvalue weighted by molar-refractivity contribution is 7.97. The Morgan fingerprint density at radius 3 is 1.01 bits per heavy atom. The molecule has 0 amide bonds. The van der Waals surface area contributed by atoms with Crippen LogP contribution in [0.5, 0.6) is 0 Å². The average molecular weight is 1260 g/mol. The predicted molar refractivity (Wildman–Crippen MR) is 330 cm³/mol. The maximum atomic E-state index is 13.1. The monoisotopic (exact) mass is 1260 g/mol. The van der Waals surface area contributed by atoms with Crippen LogP contribution in [0.2, 0.25) is 0 Å². The molecule has 10 aliphatic rings. The second-order valence-corrected chi connectivity index (χ2v) is 30.2. The van der Waals surface area contributed by atoms with Gasteiger partial charge in [0.15, 0.2) is 54.2 Å². The molecule has 6 aromatic carbocycles. The van der Waals surface area contributed by atoms with Gasteiger partial charge in [0.1, 0.15) is 6.10 Å². The van der Waals surface area contributed by atoms with Crippen LogP contribution in [0.15, 0.2) is 211 Å². The van der Waals surface area contributed by atoms with Crippen molar-refractivity contribution in [1.82, 2.24) is 0 Å². The summed E-state index contributed by atoms with van der Waals surface area (Å²) in [5.41, 5.74) is -2.19. The molecule has 5 atom stereocenters. The third-order valence-electron chi connectivity index (χ3n) is 19.2. The van der Waals surface area contributed by atoms with Crippen LogP contribution in [0.25, 0.3) is 0 Å². The van der Waals surface area contributed by atoms with E-state index in [9.17, 15) is 42.5 Å². The lowest BCUT2D eigenvalue weighted by Gasteiger charge is -2.64. The maximum absolute atomic E-state index is 13.1. The van der Waals surface area contributed by atoms with Gasteiger partial charge in [-0.05, 0) is 149 Å². The van der Waals surface area contributed by atoms with Crippen molar-refractivity contribution in [2.75, 3.05) is 52.9 Å². The Morgan fingerprint density at radius 2 is 0.753 bits per heavy atom. The SMILES string of the molecule is CC(F)(F)COC(=O)C12CC3CC(C1)C1(OCC(CO)(CO)CO1)C(C3)C2.CC(F)(F)COC(=O)C12CC3CC(C1)C1(OCC(CO)O1)C(C3)C2.c1ccc([S+](c2ccccc2)c2ccccc2)cc1.c1ccc([S+](c2ccccc2)c2ccccc2)cc1. The minimum atomic E-state index is -3.04. The van der Waals surface area contributed by atoms with Crippen molar-refractivity contribution >= 4 is 33.7 Å². The van der Waals surface area contributed by atoms with E-state index in [1.807, 2.05) is 0 Å². The fourth-order valence-electron chi connectivity index (χ4n) is 15.6. The zero-order chi connectivity index (χ0) is 62.5. The second-order valence-electron chi connectivity index (χ2n) is 26.1. The Labute approximate surface area is 525 Å². The molecule has 0 radical (unpaired) electrons. The van der Waals surface area contributed by atoms with Gasteiger partial charge >= 0.3 is 11.9 Å². The van der Waals surface area contributed by atoms with Crippen molar-refractivity contribution in [2.24, 2.45) is 51.8 Å². The first kappa shape index (κ1) is 64.9. The minimum absolute atomic E-state index is 0.00572. The van der Waals surface area contributed by atoms with Crippen LogP contribution < -0.4 is 0 Å². The summed E-state index contributed by atoms with van der Waals surface area (Å²) in [7, 11) is -0.0293. The molecule has 0 aromatic heterocycles. The molecule has 5 unspecified atom stereocenters. The molecular weight excluding hydrogens is 1180 g/mol. The van der Waals surface area contributed by atoms with E-state index in [1.54, 1.807) is 0 Å². The lowest BCUT2D eigenvalue weighted by molar-refractivity contribution is -0.391. The normalized spacial score (nSPS) is 28.9. The van der Waals surface area contributed by atoms with E-state index in [-0.39, 0.29) is 84.6 Å². The number of aliphatic hydroxyl groups excluding tert-OH is 3. The van der Waals surface area contributed by atoms with E-state index in [1.165, 1.54) is 29.4 Å².